The van der Waals surface area contributed by atoms with Gasteiger partial charge in [-0.1, -0.05) is 6.07 Å². The summed E-state index contributed by atoms with van der Waals surface area (Å²) in [6.07, 6.45) is 0.578. The number of esters is 1. The van der Waals surface area contributed by atoms with Crippen molar-refractivity contribution >= 4 is 23.6 Å². The van der Waals surface area contributed by atoms with E-state index >= 15 is 0 Å². The zero-order chi connectivity index (χ0) is 13.1. The van der Waals surface area contributed by atoms with Gasteiger partial charge in [0.2, 0.25) is 0 Å². The highest BCUT2D eigenvalue weighted by Gasteiger charge is 2.32. The summed E-state index contributed by atoms with van der Waals surface area (Å²) in [6.45, 7) is 5.34. The van der Waals surface area contributed by atoms with E-state index in [1.165, 1.54) is 11.3 Å². The van der Waals surface area contributed by atoms with Gasteiger partial charge in [0.05, 0.1) is 6.04 Å². The van der Waals surface area contributed by atoms with Gasteiger partial charge < -0.3 is 15.3 Å². The summed E-state index contributed by atoms with van der Waals surface area (Å²) in [5, 5.41) is 1.84. The van der Waals surface area contributed by atoms with Crippen molar-refractivity contribution in [2.45, 2.75) is 38.3 Å². The van der Waals surface area contributed by atoms with Gasteiger partial charge in [0, 0.05) is 4.88 Å². The summed E-state index contributed by atoms with van der Waals surface area (Å²) in [5.41, 5.74) is 5.08. The van der Waals surface area contributed by atoms with E-state index in [2.05, 4.69) is 0 Å². The maximum absolute atomic E-state index is 12.0. The first-order valence-electron chi connectivity index (χ1n) is 5.32. The van der Waals surface area contributed by atoms with E-state index in [0.717, 1.165) is 4.88 Å². The van der Waals surface area contributed by atoms with Crippen LogP contribution in [0.3, 0.4) is 0 Å². The van der Waals surface area contributed by atoms with Crippen molar-refractivity contribution in [1.29, 1.82) is 0 Å². The number of hydrogen-bond donors (Lipinski definition) is 1. The second-order valence-corrected chi connectivity index (χ2v) is 5.72. The molecule has 0 saturated heterocycles. The van der Waals surface area contributed by atoms with Crippen molar-refractivity contribution < 1.29 is 14.3 Å². The van der Waals surface area contributed by atoms with E-state index in [0.29, 0.717) is 6.29 Å². The molecule has 5 heteroatoms. The molecule has 0 radical (unpaired) electrons. The second-order valence-electron chi connectivity index (χ2n) is 4.74. The molecular formula is C12H17NO3S. The standard InChI is InChI=1S/C12H17NO3S/c1-12(2,3)16-11(15)10(8(13)7-14)9-5-4-6-17-9/h4-8,10H,13H2,1-3H3. The molecule has 0 aromatic carbocycles. The van der Waals surface area contributed by atoms with Gasteiger partial charge in [-0.2, -0.15) is 0 Å². The van der Waals surface area contributed by atoms with Crippen molar-refractivity contribution in [2.75, 3.05) is 0 Å². The Hall–Kier alpha value is -1.20. The van der Waals surface area contributed by atoms with Crippen LogP contribution in [0.4, 0.5) is 0 Å². The van der Waals surface area contributed by atoms with Crippen LogP contribution in [0.5, 0.6) is 0 Å². The number of carbonyl (C=O) groups is 2. The van der Waals surface area contributed by atoms with Crippen LogP contribution in [0.25, 0.3) is 0 Å². The molecule has 94 valence electrons. The number of nitrogens with two attached hydrogens (primary N) is 1. The molecule has 4 nitrogen and oxygen atoms in total. The maximum Gasteiger partial charge on any atom is 0.316 e. The number of aldehydes is 1. The van der Waals surface area contributed by atoms with Gasteiger partial charge in [-0.15, -0.1) is 11.3 Å². The van der Waals surface area contributed by atoms with E-state index in [4.69, 9.17) is 10.5 Å². The van der Waals surface area contributed by atoms with E-state index in [1.807, 2.05) is 11.4 Å². The lowest BCUT2D eigenvalue weighted by Gasteiger charge is -2.24. The fourth-order valence-corrected chi connectivity index (χ4v) is 2.25. The summed E-state index contributed by atoms with van der Waals surface area (Å²) in [7, 11) is 0. The Balaban J connectivity index is 2.92. The zero-order valence-electron chi connectivity index (χ0n) is 10.2. The van der Waals surface area contributed by atoms with E-state index in [1.54, 1.807) is 26.8 Å². The lowest BCUT2D eigenvalue weighted by molar-refractivity contribution is -0.157. The highest BCUT2D eigenvalue weighted by Crippen LogP contribution is 2.26. The van der Waals surface area contributed by atoms with Crippen LogP contribution < -0.4 is 5.73 Å². The minimum absolute atomic E-state index is 0.459. The molecule has 0 aliphatic heterocycles. The van der Waals surface area contributed by atoms with Crippen molar-refractivity contribution in [3.05, 3.63) is 22.4 Å². The first-order chi connectivity index (χ1) is 7.85. The third kappa shape index (κ3) is 3.94. The van der Waals surface area contributed by atoms with E-state index in [9.17, 15) is 9.59 Å². The van der Waals surface area contributed by atoms with Crippen LogP contribution in [0.1, 0.15) is 31.6 Å². The van der Waals surface area contributed by atoms with Crippen LogP contribution in [-0.4, -0.2) is 23.9 Å². The first-order valence-corrected chi connectivity index (χ1v) is 6.20. The Labute approximate surface area is 105 Å². The first kappa shape index (κ1) is 13.9. The van der Waals surface area contributed by atoms with Crippen LogP contribution in [-0.2, 0) is 14.3 Å². The van der Waals surface area contributed by atoms with Crippen LogP contribution in [0, 0.1) is 0 Å². The molecule has 1 rings (SSSR count). The smallest absolute Gasteiger partial charge is 0.316 e. The normalized spacial score (nSPS) is 15.1. The number of hydrogen-bond acceptors (Lipinski definition) is 5. The quantitative estimate of drug-likeness (QED) is 0.656. The monoisotopic (exact) mass is 255 g/mol. The van der Waals surface area contributed by atoms with E-state index in [-0.39, 0.29) is 0 Å². The average molecular weight is 255 g/mol. The molecule has 0 fully saturated rings. The molecule has 0 saturated carbocycles. The molecule has 0 aliphatic carbocycles. The number of carbonyl (C=O) groups excluding carboxylic acids is 2. The summed E-state index contributed by atoms with van der Waals surface area (Å²) in [4.78, 5) is 23.5. The second kappa shape index (κ2) is 5.42. The molecule has 17 heavy (non-hydrogen) atoms. The molecule has 0 aliphatic rings. The van der Waals surface area contributed by atoms with Gasteiger partial charge in [-0.05, 0) is 32.2 Å². The third-order valence-electron chi connectivity index (χ3n) is 2.05. The molecule has 2 atom stereocenters. The SMILES string of the molecule is CC(C)(C)OC(=O)C(c1cccs1)C(N)C=O. The highest BCUT2D eigenvalue weighted by molar-refractivity contribution is 7.10. The van der Waals surface area contributed by atoms with Crippen molar-refractivity contribution in [1.82, 2.24) is 0 Å². The lowest BCUT2D eigenvalue weighted by Crippen LogP contribution is -2.38. The predicted octanol–water partition coefficient (Wildman–Crippen LogP) is 1.70. The van der Waals surface area contributed by atoms with E-state index < -0.39 is 23.5 Å². The van der Waals surface area contributed by atoms with Crippen molar-refractivity contribution in [3.8, 4) is 0 Å². The summed E-state index contributed by atoms with van der Waals surface area (Å²) in [6, 6.07) is 2.72. The van der Waals surface area contributed by atoms with Crippen LogP contribution in [0.15, 0.2) is 17.5 Å². The highest BCUT2D eigenvalue weighted by atomic mass is 32.1. The molecule has 1 aromatic rings. The molecule has 0 spiro atoms. The van der Waals surface area contributed by atoms with Crippen molar-refractivity contribution in [2.24, 2.45) is 5.73 Å². The average Bonchev–Trinajstić information content (AvgIpc) is 2.68. The molecule has 1 aromatic heterocycles. The Morgan fingerprint density at radius 1 is 1.53 bits per heavy atom. The van der Waals surface area contributed by atoms with Gasteiger partial charge >= 0.3 is 5.97 Å². The summed E-state index contributed by atoms with van der Waals surface area (Å²) in [5.74, 6) is -1.17. The number of thiophene rings is 1. The minimum atomic E-state index is -0.872. The number of ether oxygens (including phenoxy) is 1. The van der Waals surface area contributed by atoms with Gasteiger partial charge in [-0.25, -0.2) is 0 Å². The Morgan fingerprint density at radius 2 is 2.18 bits per heavy atom. The van der Waals surface area contributed by atoms with Crippen molar-refractivity contribution in [3.63, 3.8) is 0 Å². The summed E-state index contributed by atoms with van der Waals surface area (Å²) < 4.78 is 5.28. The molecule has 0 amide bonds. The lowest BCUT2D eigenvalue weighted by atomic mass is 9.99. The molecule has 2 unspecified atom stereocenters. The minimum Gasteiger partial charge on any atom is -0.459 e. The van der Waals surface area contributed by atoms with Crippen LogP contribution in [0.2, 0.25) is 0 Å². The molecular weight excluding hydrogens is 238 g/mol. The molecule has 1 heterocycles. The fraction of sp³-hybridized carbons (Fsp3) is 0.500. The molecule has 2 N–H and O–H groups in total. The largest absolute Gasteiger partial charge is 0.459 e. The Kier molecular flexibility index (Phi) is 4.42. The third-order valence-corrected chi connectivity index (χ3v) is 3.01. The van der Waals surface area contributed by atoms with Crippen LogP contribution >= 0.6 is 11.3 Å². The Bertz CT molecular complexity index is 381. The van der Waals surface area contributed by atoms with Gasteiger partial charge in [0.25, 0.3) is 0 Å². The number of rotatable bonds is 4. The zero-order valence-corrected chi connectivity index (χ0v) is 11.0. The Morgan fingerprint density at radius 3 is 2.59 bits per heavy atom. The van der Waals surface area contributed by atoms with Gasteiger partial charge in [0.1, 0.15) is 17.8 Å². The fourth-order valence-electron chi connectivity index (χ4n) is 1.38. The van der Waals surface area contributed by atoms with Gasteiger partial charge in [0.15, 0.2) is 0 Å². The maximum atomic E-state index is 12.0. The summed E-state index contributed by atoms with van der Waals surface area (Å²) >= 11 is 1.39. The van der Waals surface area contributed by atoms with Gasteiger partial charge in [-0.3, -0.25) is 4.79 Å². The molecule has 0 bridgehead atoms. The topological polar surface area (TPSA) is 69.4 Å². The predicted molar refractivity (Wildman–Crippen MR) is 66.9 cm³/mol.